The molecular weight excluding hydrogens is 344 g/mol. The Bertz CT molecular complexity index is 1110. The molecule has 0 bridgehead atoms. The van der Waals surface area contributed by atoms with Gasteiger partial charge in [-0.1, -0.05) is 6.07 Å². The molecule has 0 fully saturated rings. The number of aromatic nitrogens is 4. The molecule has 0 unspecified atom stereocenters. The quantitative estimate of drug-likeness (QED) is 0.227. The Labute approximate surface area is 155 Å². The van der Waals surface area contributed by atoms with Crippen LogP contribution in [0.3, 0.4) is 0 Å². The molecule has 2 aromatic carbocycles. The Hall–Kier alpha value is -3.39. The van der Waals surface area contributed by atoms with Gasteiger partial charge in [0.1, 0.15) is 35.4 Å². The summed E-state index contributed by atoms with van der Waals surface area (Å²) in [4.78, 5) is 15.8. The summed E-state index contributed by atoms with van der Waals surface area (Å²) in [6.45, 7) is 0.995. The van der Waals surface area contributed by atoms with Crippen LogP contribution in [0.1, 0.15) is 17.2 Å². The molecule has 0 aliphatic heterocycles. The molecule has 4 rings (SSSR count). The molecule has 0 atom stereocenters. The lowest BCUT2D eigenvalue weighted by Crippen LogP contribution is -2.10. The number of nitrogens with one attached hydrogen (secondary N) is 3. The van der Waals surface area contributed by atoms with Crippen LogP contribution in [-0.4, -0.2) is 46.1 Å². The van der Waals surface area contributed by atoms with Gasteiger partial charge < -0.3 is 25.2 Å². The van der Waals surface area contributed by atoms with Gasteiger partial charge in [-0.15, -0.1) is 0 Å². The molecule has 2 heterocycles. The summed E-state index contributed by atoms with van der Waals surface area (Å²) in [7, 11) is 1.64. The Morgan fingerprint density at radius 3 is 2.70 bits per heavy atom. The third kappa shape index (κ3) is 3.47. The number of rotatable bonds is 7. The molecule has 0 aliphatic rings. The molecule has 8 nitrogen and oxygen atoms in total. The number of hydrogen-bond acceptors (Lipinski definition) is 5. The van der Waals surface area contributed by atoms with Crippen LogP contribution >= 0.6 is 0 Å². The SMILES string of the molecule is COCCOc1cccc2[nH]c(Cc3nc4ccc(C(=N)N)cc4[nH]3)nc12. The maximum atomic E-state index is 7.55. The fraction of sp³-hybridized carbons (Fsp3) is 0.211. The molecule has 4 aromatic rings. The largest absolute Gasteiger partial charge is 0.489 e. The van der Waals surface area contributed by atoms with Crippen molar-refractivity contribution >= 4 is 27.9 Å². The van der Waals surface area contributed by atoms with E-state index < -0.39 is 0 Å². The van der Waals surface area contributed by atoms with Crippen molar-refractivity contribution in [2.75, 3.05) is 20.3 Å². The van der Waals surface area contributed by atoms with Gasteiger partial charge in [0.2, 0.25) is 0 Å². The third-order valence-electron chi connectivity index (χ3n) is 4.25. The fourth-order valence-corrected chi connectivity index (χ4v) is 2.96. The van der Waals surface area contributed by atoms with E-state index in [0.717, 1.165) is 39.5 Å². The standard InChI is InChI=1S/C19H20N6O2/c1-26-7-8-27-15-4-2-3-13-18(15)25-17(23-13)10-16-22-12-6-5-11(19(20)21)9-14(12)24-16/h2-6,9H,7-8,10H2,1H3,(H3,20,21)(H,22,24)(H,23,25). The lowest BCUT2D eigenvalue weighted by Gasteiger charge is -2.05. The molecule has 0 aliphatic carbocycles. The molecule has 0 saturated heterocycles. The van der Waals surface area contributed by atoms with Crippen LogP contribution < -0.4 is 10.5 Å². The topological polar surface area (TPSA) is 126 Å². The summed E-state index contributed by atoms with van der Waals surface area (Å²) in [6.07, 6.45) is 0.524. The Morgan fingerprint density at radius 1 is 1.07 bits per heavy atom. The number of imidazole rings is 2. The number of nitrogen functional groups attached to an aromatic ring is 1. The van der Waals surface area contributed by atoms with Gasteiger partial charge in [-0.2, -0.15) is 0 Å². The lowest BCUT2D eigenvalue weighted by atomic mass is 10.2. The Kier molecular flexibility index (Phi) is 4.47. The minimum atomic E-state index is 0.0336. The van der Waals surface area contributed by atoms with Crippen LogP contribution in [0.25, 0.3) is 22.1 Å². The molecule has 0 saturated carbocycles. The monoisotopic (exact) mass is 364 g/mol. The van der Waals surface area contributed by atoms with Gasteiger partial charge in [0.05, 0.1) is 29.6 Å². The van der Waals surface area contributed by atoms with Crippen molar-refractivity contribution in [2.24, 2.45) is 5.73 Å². The Balaban J connectivity index is 1.60. The maximum Gasteiger partial charge on any atom is 0.147 e. The van der Waals surface area contributed by atoms with E-state index in [0.29, 0.717) is 25.2 Å². The number of H-pyrrole nitrogens is 2. The molecule has 0 spiro atoms. The molecular formula is C19H20N6O2. The zero-order valence-electron chi connectivity index (χ0n) is 14.9. The van der Waals surface area contributed by atoms with Crippen molar-refractivity contribution < 1.29 is 9.47 Å². The molecule has 2 aromatic heterocycles. The van der Waals surface area contributed by atoms with Crippen LogP contribution in [0.15, 0.2) is 36.4 Å². The summed E-state index contributed by atoms with van der Waals surface area (Å²) in [5.74, 6) is 2.33. The number of benzene rings is 2. The number of nitrogens with zero attached hydrogens (tertiary/aromatic N) is 2. The smallest absolute Gasteiger partial charge is 0.147 e. The van der Waals surface area contributed by atoms with Crippen LogP contribution in [0.2, 0.25) is 0 Å². The minimum absolute atomic E-state index is 0.0336. The normalized spacial score (nSPS) is 11.3. The lowest BCUT2D eigenvalue weighted by molar-refractivity contribution is 0.147. The van der Waals surface area contributed by atoms with Crippen molar-refractivity contribution in [1.82, 2.24) is 19.9 Å². The molecule has 0 radical (unpaired) electrons. The second-order valence-corrected chi connectivity index (χ2v) is 6.18. The van der Waals surface area contributed by atoms with Crippen LogP contribution in [-0.2, 0) is 11.2 Å². The van der Waals surface area contributed by atoms with E-state index in [1.807, 2.05) is 30.3 Å². The second kappa shape index (κ2) is 7.08. The van der Waals surface area contributed by atoms with Gasteiger partial charge in [0, 0.05) is 12.7 Å². The molecule has 138 valence electrons. The highest BCUT2D eigenvalue weighted by Gasteiger charge is 2.11. The van der Waals surface area contributed by atoms with Gasteiger partial charge in [-0.05, 0) is 30.3 Å². The van der Waals surface area contributed by atoms with E-state index in [2.05, 4.69) is 19.9 Å². The molecule has 5 N–H and O–H groups in total. The van der Waals surface area contributed by atoms with Crippen LogP contribution in [0.5, 0.6) is 5.75 Å². The van der Waals surface area contributed by atoms with Gasteiger partial charge >= 0.3 is 0 Å². The van der Waals surface area contributed by atoms with Gasteiger partial charge in [0.25, 0.3) is 0 Å². The van der Waals surface area contributed by atoms with E-state index in [1.54, 1.807) is 13.2 Å². The summed E-state index contributed by atoms with van der Waals surface area (Å²) in [5.41, 5.74) is 9.59. The predicted molar refractivity (Wildman–Crippen MR) is 103 cm³/mol. The zero-order chi connectivity index (χ0) is 18.8. The Morgan fingerprint density at radius 2 is 1.89 bits per heavy atom. The number of methoxy groups -OCH3 is 1. The number of hydrogen-bond donors (Lipinski definition) is 4. The number of nitrogens with two attached hydrogens (primary N) is 1. The number of ether oxygens (including phenoxy) is 2. The van der Waals surface area contributed by atoms with Crippen molar-refractivity contribution in [1.29, 1.82) is 5.41 Å². The number of para-hydroxylation sites is 1. The van der Waals surface area contributed by atoms with Crippen molar-refractivity contribution in [3.05, 3.63) is 53.6 Å². The average Bonchev–Trinajstić information content (AvgIpc) is 3.24. The van der Waals surface area contributed by atoms with E-state index >= 15 is 0 Å². The van der Waals surface area contributed by atoms with E-state index in [1.165, 1.54) is 0 Å². The number of aromatic amines is 2. The first-order valence-electron chi connectivity index (χ1n) is 8.56. The number of amidine groups is 1. The maximum absolute atomic E-state index is 7.55. The van der Waals surface area contributed by atoms with E-state index in [-0.39, 0.29) is 5.84 Å². The fourth-order valence-electron chi connectivity index (χ4n) is 2.96. The van der Waals surface area contributed by atoms with Crippen LogP contribution in [0.4, 0.5) is 0 Å². The zero-order valence-corrected chi connectivity index (χ0v) is 14.9. The van der Waals surface area contributed by atoms with Crippen molar-refractivity contribution in [3.8, 4) is 5.75 Å². The van der Waals surface area contributed by atoms with E-state index in [4.69, 9.17) is 20.6 Å². The van der Waals surface area contributed by atoms with Gasteiger partial charge in [-0.3, -0.25) is 5.41 Å². The average molecular weight is 364 g/mol. The first kappa shape index (κ1) is 17.0. The van der Waals surface area contributed by atoms with E-state index in [9.17, 15) is 0 Å². The van der Waals surface area contributed by atoms with Gasteiger partial charge in [0.15, 0.2) is 0 Å². The van der Waals surface area contributed by atoms with Crippen LogP contribution in [0, 0.1) is 5.41 Å². The summed E-state index contributed by atoms with van der Waals surface area (Å²) >= 11 is 0. The predicted octanol–water partition coefficient (Wildman–Crippen LogP) is 2.34. The highest BCUT2D eigenvalue weighted by atomic mass is 16.5. The first-order chi connectivity index (χ1) is 13.1. The highest BCUT2D eigenvalue weighted by molar-refractivity contribution is 5.97. The second-order valence-electron chi connectivity index (χ2n) is 6.18. The molecule has 0 amide bonds. The van der Waals surface area contributed by atoms with Gasteiger partial charge in [-0.25, -0.2) is 9.97 Å². The number of fused-ring (bicyclic) bond motifs is 2. The first-order valence-corrected chi connectivity index (χ1v) is 8.56. The highest BCUT2D eigenvalue weighted by Crippen LogP contribution is 2.24. The molecule has 8 heteroatoms. The third-order valence-corrected chi connectivity index (χ3v) is 4.25. The van der Waals surface area contributed by atoms with Crippen molar-refractivity contribution in [2.45, 2.75) is 6.42 Å². The van der Waals surface area contributed by atoms with Crippen molar-refractivity contribution in [3.63, 3.8) is 0 Å². The summed E-state index contributed by atoms with van der Waals surface area (Å²) < 4.78 is 10.8. The summed E-state index contributed by atoms with van der Waals surface area (Å²) in [6, 6.07) is 11.3. The molecule has 27 heavy (non-hydrogen) atoms. The summed E-state index contributed by atoms with van der Waals surface area (Å²) in [5, 5.41) is 7.55. The minimum Gasteiger partial charge on any atom is -0.489 e.